The number of likely N-dealkylation sites (N-methyl/N-ethyl adjacent to an activating group) is 1. The second-order valence-electron chi connectivity index (χ2n) is 5.06. The molecule has 1 saturated heterocycles. The highest BCUT2D eigenvalue weighted by Crippen LogP contribution is 2.15. The van der Waals surface area contributed by atoms with Gasteiger partial charge in [-0.1, -0.05) is 0 Å². The maximum absolute atomic E-state index is 9.71. The van der Waals surface area contributed by atoms with Crippen molar-refractivity contribution in [1.29, 1.82) is 0 Å². The molecular formula is C13H28N2O2. The minimum atomic E-state index is -0.354. The molecule has 0 amide bonds. The Hall–Kier alpha value is -0.160. The molecule has 1 unspecified atom stereocenters. The average molecular weight is 244 g/mol. The van der Waals surface area contributed by atoms with Gasteiger partial charge in [-0.25, -0.2) is 0 Å². The van der Waals surface area contributed by atoms with Crippen molar-refractivity contribution in [2.45, 2.75) is 32.3 Å². The van der Waals surface area contributed by atoms with Crippen molar-refractivity contribution < 1.29 is 9.84 Å². The third-order valence-electron chi connectivity index (χ3n) is 3.41. The van der Waals surface area contributed by atoms with Gasteiger partial charge in [0.15, 0.2) is 0 Å². The van der Waals surface area contributed by atoms with E-state index in [1.165, 1.54) is 32.4 Å². The van der Waals surface area contributed by atoms with Crippen LogP contribution in [0.5, 0.6) is 0 Å². The first-order chi connectivity index (χ1) is 8.22. The number of rotatable bonds is 8. The third kappa shape index (κ3) is 6.99. The van der Waals surface area contributed by atoms with Gasteiger partial charge >= 0.3 is 0 Å². The lowest BCUT2D eigenvalue weighted by atomic mass is 9.94. The van der Waals surface area contributed by atoms with Gasteiger partial charge in [-0.3, -0.25) is 0 Å². The largest absolute Gasteiger partial charge is 0.389 e. The number of hydrogen-bond donors (Lipinski definition) is 2. The lowest BCUT2D eigenvalue weighted by Crippen LogP contribution is -2.35. The van der Waals surface area contributed by atoms with Gasteiger partial charge in [0.25, 0.3) is 0 Å². The van der Waals surface area contributed by atoms with Crippen LogP contribution in [-0.2, 0) is 4.74 Å². The molecule has 0 spiro atoms. The molecule has 1 atom stereocenters. The Morgan fingerprint density at radius 1 is 1.41 bits per heavy atom. The number of aliphatic hydroxyl groups is 1. The topological polar surface area (TPSA) is 44.7 Å². The van der Waals surface area contributed by atoms with Crippen molar-refractivity contribution in [3.8, 4) is 0 Å². The number of ether oxygens (including phenoxy) is 1. The first-order valence-electron chi connectivity index (χ1n) is 6.87. The third-order valence-corrected chi connectivity index (χ3v) is 3.41. The van der Waals surface area contributed by atoms with Crippen molar-refractivity contribution in [3.05, 3.63) is 0 Å². The predicted molar refractivity (Wildman–Crippen MR) is 70.2 cm³/mol. The zero-order chi connectivity index (χ0) is 12.5. The normalized spacial score (nSPS) is 19.8. The summed E-state index contributed by atoms with van der Waals surface area (Å²) in [6, 6.07) is 0. The zero-order valence-electron chi connectivity index (χ0n) is 11.3. The van der Waals surface area contributed by atoms with Crippen LogP contribution in [-0.4, -0.2) is 62.6 Å². The first-order valence-corrected chi connectivity index (χ1v) is 6.87. The van der Waals surface area contributed by atoms with Gasteiger partial charge in [0.2, 0.25) is 0 Å². The molecule has 0 saturated carbocycles. The van der Waals surface area contributed by atoms with Crippen LogP contribution >= 0.6 is 0 Å². The van der Waals surface area contributed by atoms with Crippen LogP contribution in [0.3, 0.4) is 0 Å². The highest BCUT2D eigenvalue weighted by Gasteiger charge is 2.14. The molecule has 4 heteroatoms. The van der Waals surface area contributed by atoms with E-state index in [0.717, 1.165) is 12.5 Å². The lowest BCUT2D eigenvalue weighted by molar-refractivity contribution is 0.0246. The van der Waals surface area contributed by atoms with E-state index >= 15 is 0 Å². The lowest BCUT2D eigenvalue weighted by Gasteiger charge is -2.26. The Bertz CT molecular complexity index is 184. The Kier molecular flexibility index (Phi) is 7.77. The van der Waals surface area contributed by atoms with Crippen LogP contribution in [0.4, 0.5) is 0 Å². The van der Waals surface area contributed by atoms with Crippen molar-refractivity contribution in [1.82, 2.24) is 10.2 Å². The number of nitrogens with one attached hydrogen (secondary N) is 1. The van der Waals surface area contributed by atoms with Crippen LogP contribution in [0.15, 0.2) is 0 Å². The summed E-state index contributed by atoms with van der Waals surface area (Å²) in [5, 5.41) is 13.1. The molecule has 102 valence electrons. The molecule has 0 aromatic heterocycles. The molecule has 0 radical (unpaired) electrons. The second kappa shape index (κ2) is 8.86. The van der Waals surface area contributed by atoms with Crippen LogP contribution in [0.25, 0.3) is 0 Å². The number of hydrogen-bond acceptors (Lipinski definition) is 4. The van der Waals surface area contributed by atoms with Crippen LogP contribution in [0, 0.1) is 5.92 Å². The average Bonchev–Trinajstić information content (AvgIpc) is 2.35. The molecule has 17 heavy (non-hydrogen) atoms. The Morgan fingerprint density at radius 2 is 2.12 bits per heavy atom. The van der Waals surface area contributed by atoms with E-state index in [-0.39, 0.29) is 6.10 Å². The molecule has 0 aliphatic carbocycles. The minimum Gasteiger partial charge on any atom is -0.389 e. The Morgan fingerprint density at radius 3 is 2.76 bits per heavy atom. The summed E-state index contributed by atoms with van der Waals surface area (Å²) in [4.78, 5) is 2.21. The molecule has 0 aromatic carbocycles. The van der Waals surface area contributed by atoms with E-state index in [4.69, 9.17) is 4.74 Å². The van der Waals surface area contributed by atoms with E-state index < -0.39 is 0 Å². The van der Waals surface area contributed by atoms with E-state index in [1.807, 2.05) is 6.92 Å². The van der Waals surface area contributed by atoms with E-state index in [1.54, 1.807) is 0 Å². The second-order valence-corrected chi connectivity index (χ2v) is 5.06. The highest BCUT2D eigenvalue weighted by molar-refractivity contribution is 4.70. The maximum atomic E-state index is 9.71. The molecule has 1 aliphatic rings. The maximum Gasteiger partial charge on any atom is 0.0900 e. The minimum absolute atomic E-state index is 0.354. The van der Waals surface area contributed by atoms with E-state index in [9.17, 15) is 5.11 Å². The van der Waals surface area contributed by atoms with Crippen LogP contribution in [0.1, 0.15) is 26.2 Å². The van der Waals surface area contributed by atoms with Crippen LogP contribution in [0.2, 0.25) is 0 Å². The summed E-state index contributed by atoms with van der Waals surface area (Å²) in [7, 11) is 2.08. The molecule has 4 nitrogen and oxygen atoms in total. The Labute approximate surface area is 105 Å². The molecule has 0 aromatic rings. The molecule has 2 N–H and O–H groups in total. The smallest absolute Gasteiger partial charge is 0.0900 e. The fourth-order valence-electron chi connectivity index (χ4n) is 2.33. The zero-order valence-corrected chi connectivity index (χ0v) is 11.3. The summed E-state index contributed by atoms with van der Waals surface area (Å²) >= 11 is 0. The standard InChI is InChI=1S/C13H28N2O2/c1-3-17-11-13(16)10-15(2)9-6-12-4-7-14-8-5-12/h12-14,16H,3-11H2,1-2H3. The van der Waals surface area contributed by atoms with Gasteiger partial charge in [0.05, 0.1) is 12.7 Å². The quantitative estimate of drug-likeness (QED) is 0.660. The first kappa shape index (κ1) is 14.9. The van der Waals surface area contributed by atoms with Gasteiger partial charge in [0.1, 0.15) is 0 Å². The molecule has 1 rings (SSSR count). The van der Waals surface area contributed by atoms with Gasteiger partial charge in [-0.05, 0) is 58.8 Å². The molecule has 1 fully saturated rings. The number of aliphatic hydroxyl groups excluding tert-OH is 1. The predicted octanol–water partition coefficient (Wildman–Crippen LogP) is 0.705. The molecule has 1 heterocycles. The monoisotopic (exact) mass is 244 g/mol. The summed E-state index contributed by atoms with van der Waals surface area (Å²) < 4.78 is 5.21. The van der Waals surface area contributed by atoms with Gasteiger partial charge in [-0.2, -0.15) is 0 Å². The summed E-state index contributed by atoms with van der Waals surface area (Å²) in [5.74, 6) is 0.864. The van der Waals surface area contributed by atoms with Crippen molar-refractivity contribution in [2.75, 3.05) is 46.4 Å². The van der Waals surface area contributed by atoms with Crippen molar-refractivity contribution in [3.63, 3.8) is 0 Å². The molecule has 1 aliphatic heterocycles. The van der Waals surface area contributed by atoms with Gasteiger partial charge < -0.3 is 20.1 Å². The fraction of sp³-hybridized carbons (Fsp3) is 1.00. The van der Waals surface area contributed by atoms with Crippen LogP contribution < -0.4 is 5.32 Å². The Balaban J connectivity index is 2.05. The van der Waals surface area contributed by atoms with E-state index in [0.29, 0.717) is 19.8 Å². The number of nitrogens with zero attached hydrogens (tertiary/aromatic N) is 1. The van der Waals surface area contributed by atoms with Gasteiger partial charge in [-0.15, -0.1) is 0 Å². The summed E-state index contributed by atoms with van der Waals surface area (Å²) in [5.41, 5.74) is 0. The SMILES string of the molecule is CCOCC(O)CN(C)CCC1CCNCC1. The number of piperidine rings is 1. The van der Waals surface area contributed by atoms with Crippen molar-refractivity contribution in [2.24, 2.45) is 5.92 Å². The van der Waals surface area contributed by atoms with Gasteiger partial charge in [0, 0.05) is 13.2 Å². The van der Waals surface area contributed by atoms with E-state index in [2.05, 4.69) is 17.3 Å². The highest BCUT2D eigenvalue weighted by atomic mass is 16.5. The van der Waals surface area contributed by atoms with Crippen molar-refractivity contribution >= 4 is 0 Å². The molecular weight excluding hydrogens is 216 g/mol. The summed E-state index contributed by atoms with van der Waals surface area (Å²) in [6.07, 6.45) is 3.50. The summed E-state index contributed by atoms with van der Waals surface area (Å²) in [6.45, 7) is 7.21. The fourth-order valence-corrected chi connectivity index (χ4v) is 2.33. The molecule has 0 bridgehead atoms.